The maximum Gasteiger partial charge on any atom is 0.238 e. The first kappa shape index (κ1) is 15.5. The first-order valence-electron chi connectivity index (χ1n) is 7.64. The normalized spacial score (nSPS) is 25.9. The van der Waals surface area contributed by atoms with Crippen molar-refractivity contribution in [3.05, 3.63) is 17.7 Å². The highest BCUT2D eigenvalue weighted by molar-refractivity contribution is 7.88. The molecule has 3 heterocycles. The molecule has 1 saturated heterocycles. The van der Waals surface area contributed by atoms with Crippen LogP contribution in [0.2, 0.25) is 0 Å². The molecule has 2 atom stereocenters. The van der Waals surface area contributed by atoms with E-state index in [-0.39, 0.29) is 11.9 Å². The Morgan fingerprint density at radius 3 is 2.91 bits per heavy atom. The molecular weight excluding hydrogens is 304 g/mol. The molecule has 0 radical (unpaired) electrons. The number of carbonyl (C=O) groups excluding carboxylic acids is 1. The van der Waals surface area contributed by atoms with Crippen LogP contribution in [0.4, 0.5) is 0 Å². The number of hydrogen-bond donors (Lipinski definition) is 1. The zero-order valence-corrected chi connectivity index (χ0v) is 13.8. The van der Waals surface area contributed by atoms with Crippen LogP contribution in [0.5, 0.6) is 0 Å². The lowest BCUT2D eigenvalue weighted by molar-refractivity contribution is -0.125. The molecular formula is C14H22N4O3S. The quantitative estimate of drug-likeness (QED) is 0.850. The number of rotatable bonds is 3. The summed E-state index contributed by atoms with van der Waals surface area (Å²) in [6.07, 6.45) is 6.17. The summed E-state index contributed by atoms with van der Waals surface area (Å²) in [4.78, 5) is 16.9. The van der Waals surface area contributed by atoms with Crippen LogP contribution in [-0.2, 0) is 27.8 Å². The highest BCUT2D eigenvalue weighted by Crippen LogP contribution is 2.21. The van der Waals surface area contributed by atoms with Crippen molar-refractivity contribution in [1.29, 1.82) is 0 Å². The molecule has 0 spiro atoms. The van der Waals surface area contributed by atoms with Gasteiger partial charge in [0.2, 0.25) is 15.9 Å². The first-order chi connectivity index (χ1) is 10.3. The second-order valence-corrected chi connectivity index (χ2v) is 8.16. The number of hydrogen-bond acceptors (Lipinski definition) is 4. The van der Waals surface area contributed by atoms with Gasteiger partial charge in [-0.25, -0.2) is 13.4 Å². The van der Waals surface area contributed by atoms with Gasteiger partial charge in [0.05, 0.1) is 11.9 Å². The fourth-order valence-corrected chi connectivity index (χ4v) is 4.52. The number of nitrogens with zero attached hydrogens (tertiary/aromatic N) is 3. The van der Waals surface area contributed by atoms with E-state index < -0.39 is 16.1 Å². The maximum atomic E-state index is 12.4. The summed E-state index contributed by atoms with van der Waals surface area (Å²) < 4.78 is 26.9. The van der Waals surface area contributed by atoms with Crippen molar-refractivity contribution in [2.75, 3.05) is 12.8 Å². The van der Waals surface area contributed by atoms with Crippen LogP contribution in [0, 0.1) is 6.92 Å². The predicted molar refractivity (Wildman–Crippen MR) is 81.8 cm³/mol. The van der Waals surface area contributed by atoms with E-state index in [1.807, 2.05) is 13.1 Å². The Morgan fingerprint density at radius 2 is 2.18 bits per heavy atom. The molecule has 8 heteroatoms. The van der Waals surface area contributed by atoms with Gasteiger partial charge in [-0.3, -0.25) is 4.79 Å². The van der Waals surface area contributed by atoms with E-state index >= 15 is 0 Å². The van der Waals surface area contributed by atoms with Crippen LogP contribution in [0.3, 0.4) is 0 Å². The summed E-state index contributed by atoms with van der Waals surface area (Å²) in [6.45, 7) is 3.10. The lowest BCUT2D eigenvalue weighted by Crippen LogP contribution is -2.50. The molecule has 2 aliphatic rings. The smallest absolute Gasteiger partial charge is 0.238 e. The van der Waals surface area contributed by atoms with Gasteiger partial charge < -0.3 is 9.88 Å². The van der Waals surface area contributed by atoms with Crippen LogP contribution >= 0.6 is 0 Å². The molecule has 22 heavy (non-hydrogen) atoms. The van der Waals surface area contributed by atoms with E-state index in [2.05, 4.69) is 14.9 Å². The molecule has 1 amide bonds. The van der Waals surface area contributed by atoms with E-state index in [1.165, 1.54) is 10.6 Å². The molecule has 0 aromatic carbocycles. The summed E-state index contributed by atoms with van der Waals surface area (Å²) in [5, 5.41) is 3.02. The third kappa shape index (κ3) is 3.03. The summed E-state index contributed by atoms with van der Waals surface area (Å²) >= 11 is 0. The van der Waals surface area contributed by atoms with Gasteiger partial charge in [0, 0.05) is 31.7 Å². The third-order valence-electron chi connectivity index (χ3n) is 4.39. The van der Waals surface area contributed by atoms with Crippen LogP contribution in [-0.4, -0.2) is 53.1 Å². The van der Waals surface area contributed by atoms with Gasteiger partial charge in [-0.15, -0.1) is 0 Å². The second-order valence-electron chi connectivity index (χ2n) is 6.23. The summed E-state index contributed by atoms with van der Waals surface area (Å²) in [5.74, 6) is 0.884. The highest BCUT2D eigenvalue weighted by Gasteiger charge is 2.37. The molecule has 0 bridgehead atoms. The number of sulfonamides is 1. The fourth-order valence-electron chi connectivity index (χ4n) is 3.40. The molecule has 1 N–H and O–H groups in total. The Bertz CT molecular complexity index is 682. The van der Waals surface area contributed by atoms with Gasteiger partial charge >= 0.3 is 0 Å². The zero-order valence-electron chi connectivity index (χ0n) is 12.9. The number of aromatic nitrogens is 2. The molecule has 1 aromatic rings. The van der Waals surface area contributed by atoms with Gasteiger partial charge in [0.15, 0.2) is 0 Å². The maximum absolute atomic E-state index is 12.4. The minimum absolute atomic E-state index is 0.0376. The number of imidazole rings is 1. The molecule has 1 aromatic heterocycles. The second kappa shape index (κ2) is 5.66. The van der Waals surface area contributed by atoms with Gasteiger partial charge in [0.1, 0.15) is 11.9 Å². The van der Waals surface area contributed by atoms with Crippen LogP contribution < -0.4 is 5.32 Å². The van der Waals surface area contributed by atoms with Crippen molar-refractivity contribution in [2.45, 2.75) is 51.2 Å². The minimum Gasteiger partial charge on any atom is -0.350 e. The van der Waals surface area contributed by atoms with Crippen LogP contribution in [0.25, 0.3) is 0 Å². The number of aryl methyl sites for hydroxylation is 2. The SMILES string of the molecule is Cc1cn2c(n1)CC[C@H](NC(=O)[C@H]1CCCN1S(C)(=O)=O)C2. The van der Waals surface area contributed by atoms with E-state index in [1.54, 1.807) is 0 Å². The van der Waals surface area contributed by atoms with E-state index in [9.17, 15) is 13.2 Å². The van der Waals surface area contributed by atoms with Crippen molar-refractivity contribution in [3.8, 4) is 0 Å². The van der Waals surface area contributed by atoms with Crippen molar-refractivity contribution < 1.29 is 13.2 Å². The van der Waals surface area contributed by atoms with E-state index in [0.717, 1.165) is 30.8 Å². The third-order valence-corrected chi connectivity index (χ3v) is 5.68. The molecule has 7 nitrogen and oxygen atoms in total. The van der Waals surface area contributed by atoms with Gasteiger partial charge in [-0.1, -0.05) is 0 Å². The number of nitrogens with one attached hydrogen (secondary N) is 1. The Labute approximate surface area is 130 Å². The largest absolute Gasteiger partial charge is 0.350 e. The molecule has 2 aliphatic heterocycles. The van der Waals surface area contributed by atoms with Crippen molar-refractivity contribution >= 4 is 15.9 Å². The lowest BCUT2D eigenvalue weighted by atomic mass is 10.1. The van der Waals surface area contributed by atoms with Crippen molar-refractivity contribution in [1.82, 2.24) is 19.2 Å². The average Bonchev–Trinajstić information content (AvgIpc) is 3.02. The standard InChI is InChI=1S/C14H22N4O3S/c1-10-8-17-9-11(5-6-13(17)15-10)16-14(19)12-4-3-7-18(12)22(2,20)21/h8,11-12H,3-7,9H2,1-2H3,(H,16,19)/t11-,12+/m0/s1. The highest BCUT2D eigenvalue weighted by atomic mass is 32.2. The lowest BCUT2D eigenvalue weighted by Gasteiger charge is -2.28. The molecule has 1 fully saturated rings. The molecule has 0 saturated carbocycles. The van der Waals surface area contributed by atoms with Crippen LogP contribution in [0.15, 0.2) is 6.20 Å². The Hall–Kier alpha value is -1.41. The van der Waals surface area contributed by atoms with Crippen molar-refractivity contribution in [2.24, 2.45) is 0 Å². The predicted octanol–water partition coefficient (Wildman–Crippen LogP) is 0.0465. The monoisotopic (exact) mass is 326 g/mol. The fraction of sp³-hybridized carbons (Fsp3) is 0.714. The Kier molecular flexibility index (Phi) is 3.98. The molecule has 3 rings (SSSR count). The summed E-state index contributed by atoms with van der Waals surface area (Å²) in [5.41, 5.74) is 0.987. The summed E-state index contributed by atoms with van der Waals surface area (Å²) in [7, 11) is -3.33. The molecule has 0 unspecified atom stereocenters. The molecule has 122 valence electrons. The van der Waals surface area contributed by atoms with Crippen molar-refractivity contribution in [3.63, 3.8) is 0 Å². The minimum atomic E-state index is -3.33. The number of amides is 1. The first-order valence-corrected chi connectivity index (χ1v) is 9.49. The molecule has 0 aliphatic carbocycles. The van der Waals surface area contributed by atoms with Gasteiger partial charge in [0.25, 0.3) is 0 Å². The number of fused-ring (bicyclic) bond motifs is 1. The Morgan fingerprint density at radius 1 is 1.41 bits per heavy atom. The van der Waals surface area contributed by atoms with Crippen LogP contribution in [0.1, 0.15) is 30.8 Å². The number of carbonyl (C=O) groups is 1. The topological polar surface area (TPSA) is 84.3 Å². The van der Waals surface area contributed by atoms with E-state index in [4.69, 9.17) is 0 Å². The van der Waals surface area contributed by atoms with E-state index in [0.29, 0.717) is 19.5 Å². The Balaban J connectivity index is 1.65. The summed E-state index contributed by atoms with van der Waals surface area (Å²) in [6, 6.07) is -0.517. The van der Waals surface area contributed by atoms with Gasteiger partial charge in [-0.2, -0.15) is 4.31 Å². The zero-order chi connectivity index (χ0) is 15.9. The average molecular weight is 326 g/mol. The van der Waals surface area contributed by atoms with Gasteiger partial charge in [-0.05, 0) is 26.2 Å².